The second kappa shape index (κ2) is 10.4. The maximum Gasteiger partial charge on any atom is 0.245 e. The topological polar surface area (TPSA) is 66.5 Å². The number of halogens is 2. The first-order valence-electron chi connectivity index (χ1n) is 9.63. The molecule has 0 saturated carbocycles. The molecule has 5 nitrogen and oxygen atoms in total. The minimum absolute atomic E-state index is 0.110. The van der Waals surface area contributed by atoms with Gasteiger partial charge in [-0.05, 0) is 54.4 Å². The third-order valence-corrected chi connectivity index (χ3v) is 7.11. The van der Waals surface area contributed by atoms with Crippen LogP contribution in [0.4, 0.5) is 15.8 Å². The lowest BCUT2D eigenvalue weighted by Gasteiger charge is -2.22. The molecule has 1 amide bonds. The van der Waals surface area contributed by atoms with Gasteiger partial charge in [-0.15, -0.1) is 11.8 Å². The first kappa shape index (κ1) is 24.1. The highest BCUT2D eigenvalue weighted by atomic mass is 35.5. The van der Waals surface area contributed by atoms with Crippen molar-refractivity contribution in [2.75, 3.05) is 22.4 Å². The third kappa shape index (κ3) is 6.48. The summed E-state index contributed by atoms with van der Waals surface area (Å²) in [6.07, 6.45) is 0.974. The molecule has 0 bridgehead atoms. The highest BCUT2D eigenvalue weighted by molar-refractivity contribution is 7.98. The van der Waals surface area contributed by atoms with Gasteiger partial charge in [-0.3, -0.25) is 9.10 Å². The average Bonchev–Trinajstić information content (AvgIpc) is 2.74. The van der Waals surface area contributed by atoms with Gasteiger partial charge in [0.05, 0.1) is 17.0 Å². The Hall–Kier alpha value is -2.55. The van der Waals surface area contributed by atoms with E-state index in [1.165, 1.54) is 17.0 Å². The lowest BCUT2D eigenvalue weighted by atomic mass is 10.1. The number of rotatable bonds is 8. The van der Waals surface area contributed by atoms with Crippen molar-refractivity contribution in [3.05, 3.63) is 88.7 Å². The van der Waals surface area contributed by atoms with Crippen molar-refractivity contribution < 1.29 is 17.6 Å². The molecule has 0 saturated heterocycles. The van der Waals surface area contributed by atoms with Crippen LogP contribution in [-0.2, 0) is 20.6 Å². The molecular weight excluding hydrogens is 471 g/mol. The van der Waals surface area contributed by atoms with Gasteiger partial charge in [-0.2, -0.15) is 0 Å². The molecule has 0 aliphatic carbocycles. The van der Waals surface area contributed by atoms with Crippen molar-refractivity contribution in [1.82, 2.24) is 0 Å². The number of carbonyl (C=O) groups excluding carboxylic acids is 1. The van der Waals surface area contributed by atoms with Crippen molar-refractivity contribution in [3.63, 3.8) is 0 Å². The van der Waals surface area contributed by atoms with Gasteiger partial charge < -0.3 is 5.32 Å². The number of sulfonamides is 1. The van der Waals surface area contributed by atoms with Crippen LogP contribution in [0.15, 0.2) is 71.6 Å². The molecule has 9 heteroatoms. The molecule has 0 radical (unpaired) electrons. The van der Waals surface area contributed by atoms with Crippen molar-refractivity contribution >= 4 is 50.7 Å². The fourth-order valence-corrected chi connectivity index (χ4v) is 4.89. The molecule has 0 unspecified atom stereocenters. The van der Waals surface area contributed by atoms with Gasteiger partial charge in [0.1, 0.15) is 12.4 Å². The van der Waals surface area contributed by atoms with Crippen LogP contribution >= 0.6 is 23.4 Å². The maximum atomic E-state index is 13.5. The lowest BCUT2D eigenvalue weighted by molar-refractivity contribution is -0.114. The summed E-state index contributed by atoms with van der Waals surface area (Å²) in [5, 5.41) is 2.53. The molecule has 0 atom stereocenters. The zero-order valence-electron chi connectivity index (χ0n) is 17.5. The summed E-state index contributed by atoms with van der Waals surface area (Å²) in [7, 11) is -3.80. The molecule has 0 fully saturated rings. The summed E-state index contributed by atoms with van der Waals surface area (Å²) in [5.74, 6) is -0.411. The number of aryl methyl sites for hydroxylation is 1. The van der Waals surface area contributed by atoms with E-state index < -0.39 is 28.3 Å². The normalized spacial score (nSPS) is 11.2. The monoisotopic (exact) mass is 492 g/mol. The number of anilines is 2. The SMILES string of the molecule is Cc1cc(CSc2ccccc2)ccc1NC(=O)CN(c1ccc(F)c(Cl)c1)S(C)(=O)=O. The van der Waals surface area contributed by atoms with Crippen molar-refractivity contribution in [2.45, 2.75) is 17.6 Å². The second-order valence-electron chi connectivity index (χ2n) is 7.17. The maximum absolute atomic E-state index is 13.5. The van der Waals surface area contributed by atoms with E-state index in [1.54, 1.807) is 17.8 Å². The van der Waals surface area contributed by atoms with Crippen LogP contribution in [0.5, 0.6) is 0 Å². The summed E-state index contributed by atoms with van der Waals surface area (Å²) >= 11 is 7.49. The first-order chi connectivity index (χ1) is 15.1. The van der Waals surface area contributed by atoms with Gasteiger partial charge in [0.2, 0.25) is 15.9 Å². The third-order valence-electron chi connectivity index (χ3n) is 4.59. The quantitative estimate of drug-likeness (QED) is 0.422. The van der Waals surface area contributed by atoms with Gasteiger partial charge >= 0.3 is 0 Å². The second-order valence-corrected chi connectivity index (χ2v) is 10.5. The molecule has 3 rings (SSSR count). The predicted molar refractivity (Wildman–Crippen MR) is 129 cm³/mol. The summed E-state index contributed by atoms with van der Waals surface area (Å²) in [6, 6.07) is 19.3. The summed E-state index contributed by atoms with van der Waals surface area (Å²) in [5.41, 5.74) is 2.67. The van der Waals surface area contributed by atoms with E-state index in [1.807, 2.05) is 49.4 Å². The molecule has 3 aromatic rings. The Labute approximate surface area is 196 Å². The molecule has 0 aliphatic rings. The molecule has 32 heavy (non-hydrogen) atoms. The first-order valence-corrected chi connectivity index (χ1v) is 12.8. The highest BCUT2D eigenvalue weighted by Crippen LogP contribution is 2.26. The number of hydrogen-bond donors (Lipinski definition) is 1. The molecule has 0 aliphatic heterocycles. The number of carbonyl (C=O) groups is 1. The minimum Gasteiger partial charge on any atom is -0.324 e. The Morgan fingerprint density at radius 2 is 1.81 bits per heavy atom. The summed E-state index contributed by atoms with van der Waals surface area (Å²) < 4.78 is 38.8. The Morgan fingerprint density at radius 3 is 2.44 bits per heavy atom. The van der Waals surface area contributed by atoms with Crippen LogP contribution < -0.4 is 9.62 Å². The van der Waals surface area contributed by atoms with Crippen molar-refractivity contribution in [1.29, 1.82) is 0 Å². The minimum atomic E-state index is -3.80. The van der Waals surface area contributed by atoms with Gasteiger partial charge in [0.15, 0.2) is 0 Å². The van der Waals surface area contributed by atoms with E-state index in [-0.39, 0.29) is 10.7 Å². The van der Waals surface area contributed by atoms with E-state index >= 15 is 0 Å². The molecule has 0 heterocycles. The van der Waals surface area contributed by atoms with Crippen LogP contribution in [0.2, 0.25) is 5.02 Å². The molecule has 3 aromatic carbocycles. The largest absolute Gasteiger partial charge is 0.324 e. The van der Waals surface area contributed by atoms with Crippen LogP contribution in [0.1, 0.15) is 11.1 Å². The van der Waals surface area contributed by atoms with Crippen LogP contribution in [-0.4, -0.2) is 27.1 Å². The highest BCUT2D eigenvalue weighted by Gasteiger charge is 2.22. The molecule has 0 spiro atoms. The van der Waals surface area contributed by atoms with Crippen molar-refractivity contribution in [3.8, 4) is 0 Å². The Morgan fingerprint density at radius 1 is 1.09 bits per heavy atom. The number of nitrogens with one attached hydrogen (secondary N) is 1. The molecule has 168 valence electrons. The van der Waals surface area contributed by atoms with E-state index in [9.17, 15) is 17.6 Å². The standard InChI is InChI=1S/C23H22ClFN2O3S2/c1-16-12-17(15-31-19-6-4-3-5-7-19)8-11-22(16)26-23(28)14-27(32(2,29)30)18-9-10-21(25)20(24)13-18/h3-13H,14-15H2,1-2H3,(H,26,28). The smallest absolute Gasteiger partial charge is 0.245 e. The van der Waals surface area contributed by atoms with Crippen molar-refractivity contribution in [2.24, 2.45) is 0 Å². The zero-order chi connectivity index (χ0) is 23.3. The van der Waals surface area contributed by atoms with E-state index in [2.05, 4.69) is 5.32 Å². The van der Waals surface area contributed by atoms with Crippen LogP contribution in [0.3, 0.4) is 0 Å². The van der Waals surface area contributed by atoms with Crippen LogP contribution in [0.25, 0.3) is 0 Å². The van der Waals surface area contributed by atoms with Gasteiger partial charge in [-0.1, -0.05) is 41.9 Å². The Balaban J connectivity index is 1.69. The van der Waals surface area contributed by atoms with E-state index in [0.29, 0.717) is 5.69 Å². The number of hydrogen-bond acceptors (Lipinski definition) is 4. The number of nitrogens with zero attached hydrogens (tertiary/aromatic N) is 1. The Bertz CT molecular complexity index is 1220. The zero-order valence-corrected chi connectivity index (χ0v) is 19.9. The fraction of sp³-hybridized carbons (Fsp3) is 0.174. The predicted octanol–water partition coefficient (Wildman–Crippen LogP) is 5.48. The number of benzene rings is 3. The van der Waals surface area contributed by atoms with Gasteiger partial charge in [0.25, 0.3) is 0 Å². The Kier molecular flexibility index (Phi) is 7.82. The molecule has 1 N–H and O–H groups in total. The van der Waals surface area contributed by atoms with E-state index in [0.717, 1.165) is 33.5 Å². The lowest BCUT2D eigenvalue weighted by Crippen LogP contribution is -2.37. The average molecular weight is 493 g/mol. The molecule has 0 aromatic heterocycles. The van der Waals surface area contributed by atoms with Crippen LogP contribution in [0, 0.1) is 12.7 Å². The summed E-state index contributed by atoms with van der Waals surface area (Å²) in [6.45, 7) is 1.41. The van der Waals surface area contributed by atoms with E-state index in [4.69, 9.17) is 11.6 Å². The summed E-state index contributed by atoms with van der Waals surface area (Å²) in [4.78, 5) is 13.8. The number of thioether (sulfide) groups is 1. The van der Waals surface area contributed by atoms with Gasteiger partial charge in [0, 0.05) is 16.3 Å². The number of amides is 1. The fourth-order valence-electron chi connectivity index (χ4n) is 3.00. The van der Waals surface area contributed by atoms with Gasteiger partial charge in [-0.25, -0.2) is 12.8 Å². The molecular formula is C23H22ClFN2O3S2.